The fourth-order valence-corrected chi connectivity index (χ4v) is 3.37. The molecule has 0 radical (unpaired) electrons. The van der Waals surface area contributed by atoms with E-state index >= 15 is 0 Å². The number of carbonyl (C=O) groups is 1. The van der Waals surface area contributed by atoms with Gasteiger partial charge in [0, 0.05) is 17.6 Å². The summed E-state index contributed by atoms with van der Waals surface area (Å²) in [6, 6.07) is 9.97. The number of nitrogens with zero attached hydrogens (tertiary/aromatic N) is 2. The zero-order valence-corrected chi connectivity index (χ0v) is 12.6. The molecule has 1 amide bonds. The summed E-state index contributed by atoms with van der Waals surface area (Å²) in [5, 5.41) is 2.63. The summed E-state index contributed by atoms with van der Waals surface area (Å²) in [5.74, 6) is 0. The van der Waals surface area contributed by atoms with Gasteiger partial charge in [0.15, 0.2) is 5.13 Å². The van der Waals surface area contributed by atoms with Crippen LogP contribution in [0.4, 0.5) is 9.93 Å². The molecule has 1 aliphatic carbocycles. The second kappa shape index (κ2) is 6.72. The van der Waals surface area contributed by atoms with Crippen molar-refractivity contribution in [1.29, 1.82) is 0 Å². The third-order valence-electron chi connectivity index (χ3n) is 3.72. The van der Waals surface area contributed by atoms with E-state index in [1.807, 2.05) is 35.7 Å². The first-order valence-electron chi connectivity index (χ1n) is 7.24. The van der Waals surface area contributed by atoms with Crippen molar-refractivity contribution in [3.8, 4) is 0 Å². The fraction of sp³-hybridized carbons (Fsp3) is 0.375. The van der Waals surface area contributed by atoms with Crippen molar-refractivity contribution in [3.63, 3.8) is 0 Å². The van der Waals surface area contributed by atoms with Crippen LogP contribution in [0.2, 0.25) is 0 Å². The van der Waals surface area contributed by atoms with Crippen molar-refractivity contribution in [2.24, 2.45) is 0 Å². The van der Waals surface area contributed by atoms with E-state index in [9.17, 15) is 4.79 Å². The number of benzene rings is 1. The third-order valence-corrected chi connectivity index (χ3v) is 4.49. The first kappa shape index (κ1) is 14.1. The van der Waals surface area contributed by atoms with Crippen molar-refractivity contribution in [2.45, 2.75) is 38.3 Å². The number of anilines is 1. The predicted molar refractivity (Wildman–Crippen MR) is 83.5 cm³/mol. The highest BCUT2D eigenvalue weighted by Crippen LogP contribution is 2.30. The minimum atomic E-state index is -0.291. The van der Waals surface area contributed by atoms with Crippen molar-refractivity contribution in [2.75, 3.05) is 4.90 Å². The molecule has 1 aromatic carbocycles. The summed E-state index contributed by atoms with van der Waals surface area (Å²) >= 11 is 1.48. The summed E-state index contributed by atoms with van der Waals surface area (Å²) in [4.78, 5) is 18.5. The predicted octanol–water partition coefficient (Wildman–Crippen LogP) is 4.23. The molecule has 1 fully saturated rings. The summed E-state index contributed by atoms with van der Waals surface area (Å²) in [6.07, 6.45) is 5.82. The maximum atomic E-state index is 12.5. The summed E-state index contributed by atoms with van der Waals surface area (Å²) in [7, 11) is 0. The Labute approximate surface area is 128 Å². The van der Waals surface area contributed by atoms with E-state index in [1.54, 1.807) is 11.1 Å². The van der Waals surface area contributed by atoms with Gasteiger partial charge in [-0.2, -0.15) is 0 Å². The van der Waals surface area contributed by atoms with E-state index in [1.165, 1.54) is 24.2 Å². The van der Waals surface area contributed by atoms with Crippen LogP contribution < -0.4 is 4.90 Å². The van der Waals surface area contributed by atoms with Gasteiger partial charge in [0.2, 0.25) is 0 Å². The molecule has 1 heterocycles. The number of hydrogen-bond acceptors (Lipinski definition) is 4. The molecule has 0 bridgehead atoms. The lowest BCUT2D eigenvalue weighted by Gasteiger charge is -2.25. The number of amides is 1. The third kappa shape index (κ3) is 3.42. The molecule has 3 rings (SSSR count). The van der Waals surface area contributed by atoms with Crippen molar-refractivity contribution in [3.05, 3.63) is 47.5 Å². The van der Waals surface area contributed by atoms with Gasteiger partial charge in [0.05, 0.1) is 0 Å². The molecule has 4 nitrogen and oxygen atoms in total. The summed E-state index contributed by atoms with van der Waals surface area (Å²) in [6.45, 7) is 0.300. The van der Waals surface area contributed by atoms with E-state index in [0.29, 0.717) is 6.61 Å². The van der Waals surface area contributed by atoms with Gasteiger partial charge >= 0.3 is 6.09 Å². The number of thiazole rings is 1. The van der Waals surface area contributed by atoms with E-state index in [0.717, 1.165) is 23.5 Å². The molecule has 1 saturated carbocycles. The van der Waals surface area contributed by atoms with Crippen LogP contribution >= 0.6 is 11.3 Å². The number of carbonyl (C=O) groups excluding carboxylic acids is 1. The Balaban J connectivity index is 1.69. The smallest absolute Gasteiger partial charge is 0.416 e. The Hall–Kier alpha value is -1.88. The van der Waals surface area contributed by atoms with Crippen LogP contribution in [-0.2, 0) is 11.3 Å². The van der Waals surface area contributed by atoms with Gasteiger partial charge in [-0.25, -0.2) is 14.7 Å². The van der Waals surface area contributed by atoms with Crippen molar-refractivity contribution in [1.82, 2.24) is 4.98 Å². The second-order valence-electron chi connectivity index (χ2n) is 5.16. The Kier molecular flexibility index (Phi) is 4.50. The summed E-state index contributed by atoms with van der Waals surface area (Å²) in [5.41, 5.74) is 0.997. The van der Waals surface area contributed by atoms with E-state index < -0.39 is 0 Å². The molecule has 1 aromatic heterocycles. The van der Waals surface area contributed by atoms with Crippen molar-refractivity contribution >= 4 is 22.6 Å². The summed E-state index contributed by atoms with van der Waals surface area (Å²) < 4.78 is 5.48. The zero-order valence-electron chi connectivity index (χ0n) is 11.8. The minimum Gasteiger partial charge on any atom is -0.444 e. The molecule has 2 aromatic rings. The monoisotopic (exact) mass is 302 g/mol. The van der Waals surface area contributed by atoms with Gasteiger partial charge in [-0.3, -0.25) is 0 Å². The van der Waals surface area contributed by atoms with Gasteiger partial charge in [-0.1, -0.05) is 43.2 Å². The highest BCUT2D eigenvalue weighted by Gasteiger charge is 2.30. The van der Waals surface area contributed by atoms with Crippen LogP contribution in [-0.4, -0.2) is 17.1 Å². The zero-order chi connectivity index (χ0) is 14.5. The number of rotatable bonds is 4. The number of aromatic nitrogens is 1. The quantitative estimate of drug-likeness (QED) is 0.849. The molecule has 0 N–H and O–H groups in total. The average molecular weight is 302 g/mol. The Morgan fingerprint density at radius 1 is 1.29 bits per heavy atom. The van der Waals surface area contributed by atoms with Gasteiger partial charge in [0.25, 0.3) is 0 Å². The van der Waals surface area contributed by atoms with E-state index in [2.05, 4.69) is 4.98 Å². The van der Waals surface area contributed by atoms with Gasteiger partial charge in [-0.15, -0.1) is 11.3 Å². The molecule has 1 aliphatic rings. The standard InChI is InChI=1S/C16H18N2O2S/c19-16(20-12-13-6-2-1-3-7-13)18(14-8-4-5-9-14)15-17-10-11-21-15/h1-3,6-7,10-11,14H,4-5,8-9,12H2. The van der Waals surface area contributed by atoms with Crippen LogP contribution in [0.25, 0.3) is 0 Å². The Morgan fingerprint density at radius 3 is 2.71 bits per heavy atom. The van der Waals surface area contributed by atoms with Crippen LogP contribution in [0.15, 0.2) is 41.9 Å². The molecule has 0 saturated heterocycles. The number of hydrogen-bond donors (Lipinski definition) is 0. The normalized spacial score (nSPS) is 15.0. The Bertz CT molecular complexity index is 565. The minimum absolute atomic E-state index is 0.222. The molecular weight excluding hydrogens is 284 g/mol. The Morgan fingerprint density at radius 2 is 2.05 bits per heavy atom. The lowest BCUT2D eigenvalue weighted by atomic mass is 10.2. The number of ether oxygens (including phenoxy) is 1. The molecule has 110 valence electrons. The van der Waals surface area contributed by atoms with Gasteiger partial charge in [0.1, 0.15) is 6.61 Å². The fourth-order valence-electron chi connectivity index (χ4n) is 2.67. The molecular formula is C16H18N2O2S. The van der Waals surface area contributed by atoms with E-state index in [4.69, 9.17) is 4.74 Å². The second-order valence-corrected chi connectivity index (χ2v) is 6.04. The first-order chi connectivity index (χ1) is 10.3. The largest absolute Gasteiger partial charge is 0.444 e. The molecule has 0 spiro atoms. The lowest BCUT2D eigenvalue weighted by molar-refractivity contribution is 0.144. The molecule has 21 heavy (non-hydrogen) atoms. The maximum Gasteiger partial charge on any atom is 0.416 e. The van der Waals surface area contributed by atoms with Crippen molar-refractivity contribution < 1.29 is 9.53 Å². The first-order valence-corrected chi connectivity index (χ1v) is 8.12. The van der Waals surface area contributed by atoms with E-state index in [-0.39, 0.29) is 12.1 Å². The van der Waals surface area contributed by atoms with Gasteiger partial charge in [-0.05, 0) is 18.4 Å². The SMILES string of the molecule is O=C(OCc1ccccc1)N(c1nccs1)C1CCCC1. The van der Waals surface area contributed by atoms with Crippen LogP contribution in [0.1, 0.15) is 31.2 Å². The molecule has 0 atom stereocenters. The topological polar surface area (TPSA) is 42.4 Å². The van der Waals surface area contributed by atoms with Crippen LogP contribution in [0.3, 0.4) is 0 Å². The highest BCUT2D eigenvalue weighted by molar-refractivity contribution is 7.13. The van der Waals surface area contributed by atoms with Crippen LogP contribution in [0.5, 0.6) is 0 Å². The maximum absolute atomic E-state index is 12.5. The molecule has 0 aliphatic heterocycles. The molecule has 0 unspecified atom stereocenters. The highest BCUT2D eigenvalue weighted by atomic mass is 32.1. The lowest BCUT2D eigenvalue weighted by Crippen LogP contribution is -2.39. The van der Waals surface area contributed by atoms with Crippen LogP contribution in [0, 0.1) is 0 Å². The average Bonchev–Trinajstić information content (AvgIpc) is 3.20. The molecule has 5 heteroatoms. The van der Waals surface area contributed by atoms with Gasteiger partial charge < -0.3 is 4.74 Å².